The summed E-state index contributed by atoms with van der Waals surface area (Å²) in [6, 6.07) is 15.1. The number of para-hydroxylation sites is 1. The van der Waals surface area contributed by atoms with E-state index in [1.807, 2.05) is 49.4 Å². The third-order valence-corrected chi connectivity index (χ3v) is 3.98. The van der Waals surface area contributed by atoms with E-state index in [0.29, 0.717) is 23.8 Å². The molecule has 1 aromatic heterocycles. The Morgan fingerprint density at radius 2 is 1.96 bits per heavy atom. The minimum Gasteiger partial charge on any atom is -0.493 e. The van der Waals surface area contributed by atoms with Gasteiger partial charge >= 0.3 is 0 Å². The number of anilines is 1. The summed E-state index contributed by atoms with van der Waals surface area (Å²) in [5.74, 6) is 1.46. The number of rotatable bonds is 7. The van der Waals surface area contributed by atoms with Crippen molar-refractivity contribution >= 4 is 12.2 Å². The first kappa shape index (κ1) is 19.2. The van der Waals surface area contributed by atoms with E-state index in [9.17, 15) is 4.79 Å². The van der Waals surface area contributed by atoms with Crippen molar-refractivity contribution in [3.63, 3.8) is 0 Å². The Morgan fingerprint density at radius 1 is 1.18 bits per heavy atom. The SMILES string of the molecule is COc1cccc(/C=N/Nc2nc(C)cc(=O)[nH]2)c1OCc1ccc(C)cc1. The summed E-state index contributed by atoms with van der Waals surface area (Å²) in [7, 11) is 1.59. The standard InChI is InChI=1S/C21H22N4O3/c1-14-7-9-16(10-8-14)13-28-20-17(5-4-6-18(20)27-3)12-22-25-21-23-15(2)11-19(26)24-21/h4-12H,13H2,1-3H3,(H2,23,24,25,26)/b22-12+. The van der Waals surface area contributed by atoms with E-state index in [2.05, 4.69) is 20.5 Å². The van der Waals surface area contributed by atoms with E-state index in [0.717, 1.165) is 11.1 Å². The summed E-state index contributed by atoms with van der Waals surface area (Å²) in [6.07, 6.45) is 1.59. The molecule has 3 aromatic rings. The summed E-state index contributed by atoms with van der Waals surface area (Å²) in [4.78, 5) is 18.2. The van der Waals surface area contributed by atoms with E-state index < -0.39 is 0 Å². The molecule has 2 aromatic carbocycles. The molecule has 0 saturated heterocycles. The van der Waals surface area contributed by atoms with Crippen LogP contribution in [0.3, 0.4) is 0 Å². The number of nitrogens with one attached hydrogen (secondary N) is 2. The summed E-state index contributed by atoms with van der Waals surface area (Å²) in [5, 5.41) is 4.15. The monoisotopic (exact) mass is 378 g/mol. The van der Waals surface area contributed by atoms with Gasteiger partial charge in [-0.15, -0.1) is 0 Å². The highest BCUT2D eigenvalue weighted by Gasteiger charge is 2.10. The summed E-state index contributed by atoms with van der Waals surface area (Å²) >= 11 is 0. The predicted molar refractivity (Wildman–Crippen MR) is 109 cm³/mol. The van der Waals surface area contributed by atoms with Gasteiger partial charge in [-0.1, -0.05) is 35.9 Å². The molecule has 0 spiro atoms. The minimum atomic E-state index is -0.242. The van der Waals surface area contributed by atoms with Crippen LogP contribution in [0.25, 0.3) is 0 Å². The minimum absolute atomic E-state index is 0.242. The Kier molecular flexibility index (Phi) is 6.06. The average Bonchev–Trinajstić information content (AvgIpc) is 2.67. The topological polar surface area (TPSA) is 88.6 Å². The molecule has 0 aliphatic heterocycles. The highest BCUT2D eigenvalue weighted by Crippen LogP contribution is 2.30. The maximum atomic E-state index is 11.5. The van der Waals surface area contributed by atoms with Crippen LogP contribution in [0.4, 0.5) is 5.95 Å². The zero-order chi connectivity index (χ0) is 19.9. The second-order valence-corrected chi connectivity index (χ2v) is 6.26. The van der Waals surface area contributed by atoms with Gasteiger partial charge < -0.3 is 9.47 Å². The van der Waals surface area contributed by atoms with Gasteiger partial charge in [0.15, 0.2) is 11.5 Å². The van der Waals surface area contributed by atoms with Gasteiger partial charge in [0.25, 0.3) is 5.56 Å². The molecular formula is C21H22N4O3. The van der Waals surface area contributed by atoms with Crippen LogP contribution in [0, 0.1) is 13.8 Å². The summed E-state index contributed by atoms with van der Waals surface area (Å²) < 4.78 is 11.4. The third-order valence-electron chi connectivity index (χ3n) is 3.98. The molecule has 3 rings (SSSR count). The Labute approximate surface area is 163 Å². The van der Waals surface area contributed by atoms with Crippen molar-refractivity contribution in [2.45, 2.75) is 20.5 Å². The van der Waals surface area contributed by atoms with Crippen LogP contribution in [-0.2, 0) is 6.61 Å². The smallest absolute Gasteiger partial charge is 0.252 e. The number of H-pyrrole nitrogens is 1. The van der Waals surface area contributed by atoms with E-state index in [4.69, 9.17) is 9.47 Å². The van der Waals surface area contributed by atoms with Gasteiger partial charge in [0.05, 0.1) is 13.3 Å². The third kappa shape index (κ3) is 4.97. The molecule has 0 radical (unpaired) electrons. The first-order chi connectivity index (χ1) is 13.5. The van der Waals surface area contributed by atoms with Crippen molar-refractivity contribution in [3.8, 4) is 11.5 Å². The molecule has 0 saturated carbocycles. The number of benzene rings is 2. The largest absolute Gasteiger partial charge is 0.493 e. The van der Waals surface area contributed by atoms with Crippen molar-refractivity contribution in [2.75, 3.05) is 12.5 Å². The van der Waals surface area contributed by atoms with Gasteiger partial charge in [0.2, 0.25) is 5.95 Å². The predicted octanol–water partition coefficient (Wildman–Crippen LogP) is 3.42. The second kappa shape index (κ2) is 8.85. The van der Waals surface area contributed by atoms with Crippen LogP contribution in [0.15, 0.2) is 58.4 Å². The number of ether oxygens (including phenoxy) is 2. The van der Waals surface area contributed by atoms with E-state index in [-0.39, 0.29) is 11.5 Å². The van der Waals surface area contributed by atoms with Crippen molar-refractivity contribution in [1.82, 2.24) is 9.97 Å². The number of hydrogen-bond acceptors (Lipinski definition) is 6. The lowest BCUT2D eigenvalue weighted by Crippen LogP contribution is -2.10. The summed E-state index contributed by atoms with van der Waals surface area (Å²) in [6.45, 7) is 4.19. The molecule has 0 amide bonds. The number of aromatic amines is 1. The normalized spacial score (nSPS) is 10.8. The van der Waals surface area contributed by atoms with Crippen LogP contribution in [0.1, 0.15) is 22.4 Å². The number of hydrazone groups is 1. The number of methoxy groups -OCH3 is 1. The fourth-order valence-corrected chi connectivity index (χ4v) is 2.58. The van der Waals surface area contributed by atoms with Gasteiger partial charge in [-0.2, -0.15) is 5.10 Å². The number of aryl methyl sites for hydroxylation is 2. The summed E-state index contributed by atoms with van der Waals surface area (Å²) in [5.41, 5.74) is 6.07. The highest BCUT2D eigenvalue weighted by molar-refractivity contribution is 5.85. The maximum Gasteiger partial charge on any atom is 0.252 e. The zero-order valence-corrected chi connectivity index (χ0v) is 16.0. The Morgan fingerprint density at radius 3 is 2.68 bits per heavy atom. The van der Waals surface area contributed by atoms with Gasteiger partial charge in [0.1, 0.15) is 6.61 Å². The molecule has 0 aliphatic carbocycles. The van der Waals surface area contributed by atoms with Crippen molar-refractivity contribution in [2.24, 2.45) is 5.10 Å². The lowest BCUT2D eigenvalue weighted by Gasteiger charge is -2.13. The fourth-order valence-electron chi connectivity index (χ4n) is 2.58. The van der Waals surface area contributed by atoms with Gasteiger partial charge in [0, 0.05) is 17.3 Å². The Hall–Kier alpha value is -3.61. The molecule has 7 heteroatoms. The van der Waals surface area contributed by atoms with Crippen molar-refractivity contribution < 1.29 is 9.47 Å². The van der Waals surface area contributed by atoms with Crippen LogP contribution < -0.4 is 20.5 Å². The number of aromatic nitrogens is 2. The zero-order valence-electron chi connectivity index (χ0n) is 16.0. The Bertz CT molecular complexity index is 1030. The van der Waals surface area contributed by atoms with Crippen molar-refractivity contribution in [1.29, 1.82) is 0 Å². The highest BCUT2D eigenvalue weighted by atomic mass is 16.5. The molecule has 0 fully saturated rings. The first-order valence-electron chi connectivity index (χ1n) is 8.77. The van der Waals surface area contributed by atoms with Gasteiger partial charge in [-0.25, -0.2) is 10.4 Å². The quantitative estimate of drug-likeness (QED) is 0.486. The molecule has 144 valence electrons. The van der Waals surface area contributed by atoms with E-state index in [1.54, 1.807) is 20.2 Å². The molecule has 7 nitrogen and oxygen atoms in total. The average molecular weight is 378 g/mol. The Balaban J connectivity index is 1.78. The molecule has 0 atom stereocenters. The lowest BCUT2D eigenvalue weighted by molar-refractivity contribution is 0.284. The lowest BCUT2D eigenvalue weighted by atomic mass is 10.1. The van der Waals surface area contributed by atoms with E-state index in [1.165, 1.54) is 11.6 Å². The van der Waals surface area contributed by atoms with E-state index >= 15 is 0 Å². The molecular weight excluding hydrogens is 356 g/mol. The van der Waals surface area contributed by atoms with Crippen LogP contribution in [-0.4, -0.2) is 23.3 Å². The van der Waals surface area contributed by atoms with Gasteiger partial charge in [-0.05, 0) is 31.5 Å². The molecule has 2 N–H and O–H groups in total. The molecule has 0 aliphatic rings. The number of nitrogens with zero attached hydrogens (tertiary/aromatic N) is 2. The molecule has 1 heterocycles. The molecule has 0 unspecified atom stereocenters. The van der Waals surface area contributed by atoms with Crippen molar-refractivity contribution in [3.05, 3.63) is 81.3 Å². The van der Waals surface area contributed by atoms with Crippen LogP contribution >= 0.6 is 0 Å². The van der Waals surface area contributed by atoms with Crippen LogP contribution in [0.2, 0.25) is 0 Å². The molecule has 0 bridgehead atoms. The second-order valence-electron chi connectivity index (χ2n) is 6.26. The van der Waals surface area contributed by atoms with Crippen LogP contribution in [0.5, 0.6) is 11.5 Å². The first-order valence-corrected chi connectivity index (χ1v) is 8.77. The number of hydrogen-bond donors (Lipinski definition) is 2. The maximum absolute atomic E-state index is 11.5. The fraction of sp³-hybridized carbons (Fsp3) is 0.190. The van der Waals surface area contributed by atoms with Gasteiger partial charge in [-0.3, -0.25) is 9.78 Å². The molecule has 28 heavy (non-hydrogen) atoms.